The average Bonchev–Trinajstić information content (AvgIpc) is 2.29. The molecule has 0 aromatic heterocycles. The average molecular weight is 301 g/mol. The van der Waals surface area contributed by atoms with E-state index in [1.807, 2.05) is 13.8 Å². The van der Waals surface area contributed by atoms with Crippen molar-refractivity contribution in [1.82, 2.24) is 5.32 Å². The molecule has 0 saturated carbocycles. The summed E-state index contributed by atoms with van der Waals surface area (Å²) in [6.07, 6.45) is 1.15. The van der Waals surface area contributed by atoms with E-state index in [1.54, 1.807) is 12.1 Å². The van der Waals surface area contributed by atoms with Crippen LogP contribution in [0.25, 0.3) is 0 Å². The maximum absolute atomic E-state index is 11.7. The highest BCUT2D eigenvalue weighted by Crippen LogP contribution is 2.24. The molecular formula is C13H17ClN2O2S. The minimum atomic E-state index is -3.32. The summed E-state index contributed by atoms with van der Waals surface area (Å²) in [5.41, 5.74) is 0.0346. The van der Waals surface area contributed by atoms with Gasteiger partial charge in [0.05, 0.1) is 16.4 Å². The van der Waals surface area contributed by atoms with Gasteiger partial charge in [-0.1, -0.05) is 17.7 Å². The van der Waals surface area contributed by atoms with Crippen LogP contribution in [0, 0.1) is 16.7 Å². The SMILES string of the molecule is CC(C)(C#N)CNCc1c(Cl)cccc1S(C)(=O)=O. The molecule has 0 radical (unpaired) electrons. The maximum Gasteiger partial charge on any atom is 0.175 e. The topological polar surface area (TPSA) is 70.0 Å². The van der Waals surface area contributed by atoms with Gasteiger partial charge in [0.15, 0.2) is 9.84 Å². The molecule has 0 amide bonds. The molecule has 19 heavy (non-hydrogen) atoms. The van der Waals surface area contributed by atoms with Gasteiger partial charge in [0, 0.05) is 29.9 Å². The van der Waals surface area contributed by atoms with E-state index < -0.39 is 15.3 Å². The number of sulfone groups is 1. The standard InChI is InChI=1S/C13H17ClN2O2S/c1-13(2,8-15)9-16-7-10-11(14)5-4-6-12(10)19(3,17)18/h4-6,16H,7,9H2,1-3H3. The summed E-state index contributed by atoms with van der Waals surface area (Å²) in [5, 5.41) is 12.4. The molecule has 104 valence electrons. The van der Waals surface area contributed by atoms with E-state index in [-0.39, 0.29) is 4.90 Å². The molecule has 0 fully saturated rings. The van der Waals surface area contributed by atoms with Crippen LogP contribution in [0.1, 0.15) is 19.4 Å². The van der Waals surface area contributed by atoms with Gasteiger partial charge in [-0.25, -0.2) is 8.42 Å². The van der Waals surface area contributed by atoms with E-state index in [0.717, 1.165) is 6.26 Å². The smallest absolute Gasteiger partial charge is 0.175 e. The Labute approximate surface area is 119 Å². The lowest BCUT2D eigenvalue weighted by Gasteiger charge is -2.17. The van der Waals surface area contributed by atoms with Gasteiger partial charge in [-0.3, -0.25) is 0 Å². The van der Waals surface area contributed by atoms with Crippen molar-refractivity contribution in [3.63, 3.8) is 0 Å². The molecule has 0 heterocycles. The Morgan fingerprint density at radius 2 is 2.05 bits per heavy atom. The molecule has 0 aliphatic carbocycles. The van der Waals surface area contributed by atoms with Crippen LogP contribution in [0.5, 0.6) is 0 Å². The van der Waals surface area contributed by atoms with Crippen LogP contribution >= 0.6 is 11.6 Å². The third-order valence-electron chi connectivity index (χ3n) is 2.65. The Hall–Kier alpha value is -1.09. The van der Waals surface area contributed by atoms with Crippen molar-refractivity contribution in [3.05, 3.63) is 28.8 Å². The third kappa shape index (κ3) is 4.50. The summed E-state index contributed by atoms with van der Waals surface area (Å²) in [6, 6.07) is 6.98. The van der Waals surface area contributed by atoms with Gasteiger partial charge in [-0.15, -0.1) is 0 Å². The summed E-state index contributed by atoms with van der Waals surface area (Å²) in [4.78, 5) is 0.224. The Morgan fingerprint density at radius 1 is 1.42 bits per heavy atom. The van der Waals surface area contributed by atoms with E-state index in [0.29, 0.717) is 23.7 Å². The fraction of sp³-hybridized carbons (Fsp3) is 0.462. The lowest BCUT2D eigenvalue weighted by Crippen LogP contribution is -2.28. The summed E-state index contributed by atoms with van der Waals surface area (Å²) in [5.74, 6) is 0. The molecule has 0 atom stereocenters. The second kappa shape index (κ2) is 5.91. The number of halogens is 1. The molecule has 6 heteroatoms. The lowest BCUT2D eigenvalue weighted by molar-refractivity contribution is 0.444. The molecular weight excluding hydrogens is 284 g/mol. The van der Waals surface area contributed by atoms with Crippen molar-refractivity contribution in [1.29, 1.82) is 5.26 Å². The van der Waals surface area contributed by atoms with Crippen LogP contribution in [-0.2, 0) is 16.4 Å². The molecule has 0 spiro atoms. The number of nitriles is 1. The molecule has 1 rings (SSSR count). The van der Waals surface area contributed by atoms with Gasteiger partial charge in [0.25, 0.3) is 0 Å². The Bertz CT molecular complexity index is 604. The monoisotopic (exact) mass is 300 g/mol. The quantitative estimate of drug-likeness (QED) is 0.906. The van der Waals surface area contributed by atoms with Gasteiger partial charge < -0.3 is 5.32 Å². The van der Waals surface area contributed by atoms with E-state index in [9.17, 15) is 8.42 Å². The number of nitrogens with zero attached hydrogens (tertiary/aromatic N) is 1. The zero-order valence-electron chi connectivity index (χ0n) is 11.2. The highest BCUT2D eigenvalue weighted by molar-refractivity contribution is 7.90. The molecule has 1 N–H and O–H groups in total. The van der Waals surface area contributed by atoms with Gasteiger partial charge in [0.2, 0.25) is 0 Å². The second-order valence-electron chi connectivity index (χ2n) is 5.09. The number of hydrogen-bond donors (Lipinski definition) is 1. The van der Waals surface area contributed by atoms with Crippen molar-refractivity contribution < 1.29 is 8.42 Å². The van der Waals surface area contributed by atoms with Crippen molar-refractivity contribution in [2.45, 2.75) is 25.3 Å². The maximum atomic E-state index is 11.7. The first kappa shape index (κ1) is 16.0. The van der Waals surface area contributed by atoms with E-state index in [2.05, 4.69) is 11.4 Å². The fourth-order valence-corrected chi connectivity index (χ4v) is 2.85. The van der Waals surface area contributed by atoms with Crippen LogP contribution in [0.2, 0.25) is 5.02 Å². The third-order valence-corrected chi connectivity index (χ3v) is 4.18. The van der Waals surface area contributed by atoms with E-state index in [4.69, 9.17) is 16.9 Å². The molecule has 0 bridgehead atoms. The molecule has 0 aliphatic rings. The zero-order valence-corrected chi connectivity index (χ0v) is 12.8. The van der Waals surface area contributed by atoms with Gasteiger partial charge in [-0.2, -0.15) is 5.26 Å². The molecule has 4 nitrogen and oxygen atoms in total. The van der Waals surface area contributed by atoms with Crippen LogP contribution in [-0.4, -0.2) is 21.2 Å². The van der Waals surface area contributed by atoms with Crippen LogP contribution in [0.4, 0.5) is 0 Å². The first-order valence-electron chi connectivity index (χ1n) is 5.77. The van der Waals surface area contributed by atoms with Crippen LogP contribution in [0.15, 0.2) is 23.1 Å². The summed E-state index contributed by atoms with van der Waals surface area (Å²) in [7, 11) is -3.32. The van der Waals surface area contributed by atoms with Crippen molar-refractivity contribution in [2.24, 2.45) is 5.41 Å². The first-order valence-corrected chi connectivity index (χ1v) is 8.04. The largest absolute Gasteiger partial charge is 0.311 e. The summed E-state index contributed by atoms with van der Waals surface area (Å²) < 4.78 is 23.4. The molecule has 0 saturated heterocycles. The van der Waals surface area contributed by atoms with Crippen molar-refractivity contribution in [2.75, 3.05) is 12.8 Å². The summed E-state index contributed by atoms with van der Waals surface area (Å²) in [6.45, 7) is 4.39. The van der Waals surface area contributed by atoms with E-state index >= 15 is 0 Å². The Balaban J connectivity index is 2.94. The predicted molar refractivity (Wildman–Crippen MR) is 75.7 cm³/mol. The molecule has 1 aromatic rings. The molecule has 0 aliphatic heterocycles. The Morgan fingerprint density at radius 3 is 2.58 bits per heavy atom. The lowest BCUT2D eigenvalue weighted by atomic mass is 9.96. The second-order valence-corrected chi connectivity index (χ2v) is 7.48. The molecule has 0 unspecified atom stereocenters. The van der Waals surface area contributed by atoms with Gasteiger partial charge in [-0.05, 0) is 26.0 Å². The van der Waals surface area contributed by atoms with Crippen molar-refractivity contribution >= 4 is 21.4 Å². The zero-order chi connectivity index (χ0) is 14.7. The number of nitrogens with one attached hydrogen (secondary N) is 1. The first-order chi connectivity index (χ1) is 8.67. The highest BCUT2D eigenvalue weighted by atomic mass is 35.5. The normalized spacial score (nSPS) is 12.2. The number of rotatable bonds is 5. The van der Waals surface area contributed by atoms with E-state index in [1.165, 1.54) is 6.07 Å². The summed E-state index contributed by atoms with van der Waals surface area (Å²) >= 11 is 6.05. The van der Waals surface area contributed by atoms with Crippen LogP contribution < -0.4 is 5.32 Å². The molecule has 1 aromatic carbocycles. The number of benzene rings is 1. The minimum absolute atomic E-state index is 0.224. The highest BCUT2D eigenvalue weighted by Gasteiger charge is 2.18. The van der Waals surface area contributed by atoms with Crippen LogP contribution in [0.3, 0.4) is 0 Å². The Kier molecular flexibility index (Phi) is 4.97. The minimum Gasteiger partial charge on any atom is -0.311 e. The van der Waals surface area contributed by atoms with Gasteiger partial charge in [0.1, 0.15) is 0 Å². The van der Waals surface area contributed by atoms with Gasteiger partial charge >= 0.3 is 0 Å². The predicted octanol–water partition coefficient (Wildman–Crippen LogP) is 2.38. The van der Waals surface area contributed by atoms with Crippen molar-refractivity contribution in [3.8, 4) is 6.07 Å². The number of hydrogen-bond acceptors (Lipinski definition) is 4. The fourth-order valence-electron chi connectivity index (χ4n) is 1.60.